The smallest absolute Gasteiger partial charge is 0.339 e. The quantitative estimate of drug-likeness (QED) is 0.729. The molecular weight excluding hydrogens is 400 g/mol. The minimum atomic E-state index is -0.435. The van der Waals surface area contributed by atoms with Crippen molar-refractivity contribution in [3.8, 4) is 11.5 Å². The summed E-state index contributed by atoms with van der Waals surface area (Å²) >= 11 is 0. The number of piperidine rings is 1. The third-order valence-electron chi connectivity index (χ3n) is 5.78. The summed E-state index contributed by atoms with van der Waals surface area (Å²) in [5.74, 6) is 1.35. The molecule has 2 saturated heterocycles. The zero-order valence-corrected chi connectivity index (χ0v) is 17.7. The minimum absolute atomic E-state index is 0.0130. The Labute approximate surface area is 180 Å². The zero-order chi connectivity index (χ0) is 22.0. The molecule has 0 radical (unpaired) electrons. The van der Waals surface area contributed by atoms with Crippen LogP contribution in [0.15, 0.2) is 45.6 Å². The van der Waals surface area contributed by atoms with Crippen molar-refractivity contribution < 1.29 is 23.5 Å². The van der Waals surface area contributed by atoms with Crippen LogP contribution in [0.4, 0.5) is 5.69 Å². The number of benzene rings is 1. The maximum atomic E-state index is 13.0. The molecule has 8 heteroatoms. The van der Waals surface area contributed by atoms with Crippen molar-refractivity contribution >= 4 is 17.5 Å². The highest BCUT2D eigenvalue weighted by atomic mass is 16.5. The lowest BCUT2D eigenvalue weighted by molar-refractivity contribution is -0.137. The summed E-state index contributed by atoms with van der Waals surface area (Å²) in [6.45, 7) is 3.22. The Bertz CT molecular complexity index is 1010. The Kier molecular flexibility index (Phi) is 5.97. The third kappa shape index (κ3) is 4.73. The van der Waals surface area contributed by atoms with E-state index >= 15 is 0 Å². The highest BCUT2D eigenvalue weighted by molar-refractivity contribution is 6.00. The maximum Gasteiger partial charge on any atom is 0.339 e. The highest BCUT2D eigenvalue weighted by Crippen LogP contribution is 2.29. The van der Waals surface area contributed by atoms with Gasteiger partial charge < -0.3 is 23.7 Å². The summed E-state index contributed by atoms with van der Waals surface area (Å²) in [6, 6.07) is 10.3. The number of amides is 2. The zero-order valence-electron chi connectivity index (χ0n) is 17.7. The maximum absolute atomic E-state index is 13.0. The second-order valence-electron chi connectivity index (χ2n) is 7.97. The van der Waals surface area contributed by atoms with E-state index in [1.807, 2.05) is 17.0 Å². The van der Waals surface area contributed by atoms with Gasteiger partial charge in [-0.15, -0.1) is 0 Å². The standard InChI is InChI=1S/C23H26N2O6/c1-15-11-20(13-22(27)30-15)31-19-7-9-24(10-8-19)23(28)16-12-21(26)25(14-16)17-3-5-18(29-2)6-4-17/h3-6,11,13,16,19H,7-10,12,14H2,1-2H3/t16-/m1/s1. The molecule has 2 amide bonds. The molecule has 8 nitrogen and oxygen atoms in total. The Hall–Kier alpha value is -3.29. The van der Waals surface area contributed by atoms with Crippen LogP contribution in [0.5, 0.6) is 11.5 Å². The van der Waals surface area contributed by atoms with Gasteiger partial charge in [-0.05, 0) is 31.2 Å². The van der Waals surface area contributed by atoms with Gasteiger partial charge in [0.2, 0.25) is 11.8 Å². The van der Waals surface area contributed by atoms with E-state index < -0.39 is 5.63 Å². The second-order valence-corrected chi connectivity index (χ2v) is 7.97. The fraction of sp³-hybridized carbons (Fsp3) is 0.435. The van der Waals surface area contributed by atoms with E-state index in [0.717, 1.165) is 11.4 Å². The molecule has 1 aromatic heterocycles. The van der Waals surface area contributed by atoms with Crippen LogP contribution >= 0.6 is 0 Å². The van der Waals surface area contributed by atoms with E-state index in [1.54, 1.807) is 37.1 Å². The van der Waals surface area contributed by atoms with Gasteiger partial charge >= 0.3 is 5.63 Å². The van der Waals surface area contributed by atoms with Gasteiger partial charge in [-0.3, -0.25) is 9.59 Å². The molecule has 0 bridgehead atoms. The first kappa shape index (κ1) is 21.0. The van der Waals surface area contributed by atoms with Crippen molar-refractivity contribution in [1.29, 1.82) is 0 Å². The monoisotopic (exact) mass is 426 g/mol. The SMILES string of the molecule is COc1ccc(N2C[C@H](C(=O)N3CCC(Oc4cc(C)oc(=O)c4)CC3)CC2=O)cc1. The number of hydrogen-bond acceptors (Lipinski definition) is 6. The van der Waals surface area contributed by atoms with Crippen molar-refractivity contribution in [3.05, 3.63) is 52.6 Å². The molecule has 1 atom stereocenters. The van der Waals surface area contributed by atoms with Crippen LogP contribution in [0, 0.1) is 12.8 Å². The first-order chi connectivity index (χ1) is 14.9. The van der Waals surface area contributed by atoms with Crippen LogP contribution in [-0.2, 0) is 9.59 Å². The average molecular weight is 426 g/mol. The van der Waals surface area contributed by atoms with E-state index in [1.165, 1.54) is 6.07 Å². The molecule has 0 N–H and O–H groups in total. The number of aryl methyl sites for hydroxylation is 1. The molecule has 164 valence electrons. The number of carbonyl (C=O) groups excluding carboxylic acids is 2. The van der Waals surface area contributed by atoms with Gasteiger partial charge in [0.05, 0.1) is 19.1 Å². The van der Waals surface area contributed by atoms with Crippen LogP contribution in [-0.4, -0.2) is 49.6 Å². The Balaban J connectivity index is 1.32. The summed E-state index contributed by atoms with van der Waals surface area (Å²) in [7, 11) is 1.59. The lowest BCUT2D eigenvalue weighted by atomic mass is 10.0. The van der Waals surface area contributed by atoms with Crippen LogP contribution < -0.4 is 20.0 Å². The fourth-order valence-corrected chi connectivity index (χ4v) is 4.17. The molecule has 4 rings (SSSR count). The van der Waals surface area contributed by atoms with Crippen LogP contribution in [0.25, 0.3) is 0 Å². The van der Waals surface area contributed by atoms with Gasteiger partial charge in [-0.25, -0.2) is 4.79 Å². The molecule has 0 spiro atoms. The lowest BCUT2D eigenvalue weighted by Gasteiger charge is -2.33. The van der Waals surface area contributed by atoms with Crippen LogP contribution in [0.1, 0.15) is 25.0 Å². The molecule has 2 aromatic rings. The Morgan fingerprint density at radius 2 is 1.77 bits per heavy atom. The van der Waals surface area contributed by atoms with Crippen LogP contribution in [0.2, 0.25) is 0 Å². The van der Waals surface area contributed by atoms with E-state index in [4.69, 9.17) is 13.9 Å². The molecule has 1 aromatic carbocycles. The van der Waals surface area contributed by atoms with E-state index in [-0.39, 0.29) is 30.3 Å². The van der Waals surface area contributed by atoms with E-state index in [0.29, 0.717) is 44.0 Å². The van der Waals surface area contributed by atoms with Crippen molar-refractivity contribution in [3.63, 3.8) is 0 Å². The molecule has 0 unspecified atom stereocenters. The molecule has 2 aliphatic heterocycles. The summed E-state index contributed by atoms with van der Waals surface area (Å²) < 4.78 is 16.0. The summed E-state index contributed by atoms with van der Waals surface area (Å²) in [5.41, 5.74) is 0.339. The van der Waals surface area contributed by atoms with Crippen molar-refractivity contribution in [2.75, 3.05) is 31.6 Å². The van der Waals surface area contributed by atoms with Gasteiger partial charge in [0.1, 0.15) is 23.4 Å². The van der Waals surface area contributed by atoms with Crippen molar-refractivity contribution in [1.82, 2.24) is 4.90 Å². The van der Waals surface area contributed by atoms with Gasteiger partial charge in [-0.2, -0.15) is 0 Å². The van der Waals surface area contributed by atoms with Gasteiger partial charge in [-0.1, -0.05) is 0 Å². The largest absolute Gasteiger partial charge is 0.497 e. The summed E-state index contributed by atoms with van der Waals surface area (Å²) in [4.78, 5) is 40.5. The van der Waals surface area contributed by atoms with Crippen molar-refractivity contribution in [2.24, 2.45) is 5.92 Å². The third-order valence-corrected chi connectivity index (χ3v) is 5.78. The topological polar surface area (TPSA) is 89.3 Å². The molecular formula is C23H26N2O6. The first-order valence-corrected chi connectivity index (χ1v) is 10.4. The fourth-order valence-electron chi connectivity index (χ4n) is 4.17. The van der Waals surface area contributed by atoms with E-state index in [9.17, 15) is 14.4 Å². The Morgan fingerprint density at radius 3 is 2.42 bits per heavy atom. The lowest BCUT2D eigenvalue weighted by Crippen LogP contribution is -2.44. The second kappa shape index (κ2) is 8.83. The molecule has 2 fully saturated rings. The highest BCUT2D eigenvalue weighted by Gasteiger charge is 2.38. The summed E-state index contributed by atoms with van der Waals surface area (Å²) in [6.07, 6.45) is 1.51. The number of anilines is 1. The van der Waals surface area contributed by atoms with Crippen LogP contribution in [0.3, 0.4) is 0 Å². The van der Waals surface area contributed by atoms with Gasteiger partial charge in [0, 0.05) is 50.7 Å². The predicted octanol–water partition coefficient (Wildman–Crippen LogP) is 2.38. The minimum Gasteiger partial charge on any atom is -0.497 e. The number of carbonyl (C=O) groups is 2. The summed E-state index contributed by atoms with van der Waals surface area (Å²) in [5, 5.41) is 0. The number of nitrogens with zero attached hydrogens (tertiary/aromatic N) is 2. The number of ether oxygens (including phenoxy) is 2. The number of rotatable bonds is 5. The number of hydrogen-bond donors (Lipinski definition) is 0. The number of methoxy groups -OCH3 is 1. The number of likely N-dealkylation sites (tertiary alicyclic amines) is 1. The van der Waals surface area contributed by atoms with E-state index in [2.05, 4.69) is 0 Å². The molecule has 2 aliphatic rings. The average Bonchev–Trinajstić information content (AvgIpc) is 3.15. The molecule has 0 saturated carbocycles. The van der Waals surface area contributed by atoms with Gasteiger partial charge in [0.15, 0.2) is 0 Å². The van der Waals surface area contributed by atoms with Crippen molar-refractivity contribution in [2.45, 2.75) is 32.3 Å². The molecule has 0 aliphatic carbocycles. The first-order valence-electron chi connectivity index (χ1n) is 10.4. The predicted molar refractivity (Wildman–Crippen MR) is 113 cm³/mol. The molecule has 31 heavy (non-hydrogen) atoms. The van der Waals surface area contributed by atoms with Gasteiger partial charge in [0.25, 0.3) is 0 Å². The normalized spacial score (nSPS) is 19.5. The Morgan fingerprint density at radius 1 is 1.06 bits per heavy atom. The molecule has 3 heterocycles.